The Morgan fingerprint density at radius 3 is 2.67 bits per heavy atom. The number of nitrogens with one attached hydrogen (secondary N) is 2. The van der Waals surface area contributed by atoms with E-state index in [2.05, 4.69) is 15.5 Å². The summed E-state index contributed by atoms with van der Waals surface area (Å²) < 4.78 is 5.14. The summed E-state index contributed by atoms with van der Waals surface area (Å²) >= 11 is 0. The van der Waals surface area contributed by atoms with E-state index in [1.54, 1.807) is 12.0 Å². The first-order valence-electron chi connectivity index (χ1n) is 9.88. The molecule has 146 valence electrons. The lowest BCUT2D eigenvalue weighted by Gasteiger charge is -2.32. The van der Waals surface area contributed by atoms with Crippen molar-refractivity contribution in [3.05, 3.63) is 23.8 Å². The number of rotatable bonds is 5. The molecule has 2 fully saturated rings. The second-order valence-corrected chi connectivity index (χ2v) is 7.72. The highest BCUT2D eigenvalue weighted by Gasteiger charge is 2.32. The summed E-state index contributed by atoms with van der Waals surface area (Å²) in [6.07, 6.45) is 5.86. The number of piperidine rings is 1. The van der Waals surface area contributed by atoms with Crippen LogP contribution in [0.5, 0.6) is 0 Å². The number of ether oxygens (including phenoxy) is 1. The molecule has 0 unspecified atom stereocenters. The molecule has 7 heteroatoms. The predicted molar refractivity (Wildman–Crippen MR) is 104 cm³/mol. The number of benzene rings is 1. The van der Waals surface area contributed by atoms with Gasteiger partial charge in [-0.1, -0.05) is 0 Å². The topological polar surface area (TPSA) is 73.9 Å². The van der Waals surface area contributed by atoms with Gasteiger partial charge in [-0.05, 0) is 55.9 Å². The van der Waals surface area contributed by atoms with Crippen molar-refractivity contribution in [3.8, 4) is 0 Å². The van der Waals surface area contributed by atoms with Gasteiger partial charge in [-0.25, -0.2) is 4.79 Å². The Bertz CT molecular complexity index is 711. The number of aryl methyl sites for hydroxylation is 1. The molecule has 4 rings (SSSR count). The third-order valence-corrected chi connectivity index (χ3v) is 5.72. The van der Waals surface area contributed by atoms with Gasteiger partial charge in [0.05, 0.1) is 0 Å². The van der Waals surface area contributed by atoms with Crippen LogP contribution in [0.3, 0.4) is 0 Å². The van der Waals surface area contributed by atoms with Gasteiger partial charge in [0, 0.05) is 50.1 Å². The van der Waals surface area contributed by atoms with E-state index in [1.807, 2.05) is 18.2 Å². The van der Waals surface area contributed by atoms with Crippen molar-refractivity contribution in [1.82, 2.24) is 10.2 Å². The van der Waals surface area contributed by atoms with Gasteiger partial charge in [0.15, 0.2) is 0 Å². The average Bonchev–Trinajstić information content (AvgIpc) is 3.50. The van der Waals surface area contributed by atoms with Crippen LogP contribution in [0, 0.1) is 0 Å². The third-order valence-electron chi connectivity index (χ3n) is 5.72. The first-order chi connectivity index (χ1) is 13.1. The summed E-state index contributed by atoms with van der Waals surface area (Å²) in [5.41, 5.74) is 2.68. The number of carbonyl (C=O) groups excluding carboxylic acids is 2. The van der Waals surface area contributed by atoms with Gasteiger partial charge in [0.1, 0.15) is 6.73 Å². The van der Waals surface area contributed by atoms with Gasteiger partial charge in [-0.15, -0.1) is 0 Å². The Hall–Kier alpha value is -2.12. The summed E-state index contributed by atoms with van der Waals surface area (Å²) in [4.78, 5) is 28.6. The van der Waals surface area contributed by atoms with Crippen LogP contribution in [0.2, 0.25) is 0 Å². The lowest BCUT2D eigenvalue weighted by atomic mass is 10.0. The Balaban J connectivity index is 1.33. The number of fused-ring (bicyclic) bond motifs is 1. The molecule has 2 aliphatic heterocycles. The molecule has 7 nitrogen and oxygen atoms in total. The molecule has 1 aromatic carbocycles. The van der Waals surface area contributed by atoms with E-state index in [0.29, 0.717) is 12.8 Å². The lowest BCUT2D eigenvalue weighted by molar-refractivity contribution is -0.119. The van der Waals surface area contributed by atoms with E-state index < -0.39 is 0 Å². The van der Waals surface area contributed by atoms with Crippen LogP contribution >= 0.6 is 0 Å². The molecule has 1 saturated carbocycles. The summed E-state index contributed by atoms with van der Waals surface area (Å²) in [7, 11) is 1.58. The Kier molecular flexibility index (Phi) is 5.31. The van der Waals surface area contributed by atoms with E-state index >= 15 is 0 Å². The highest BCUT2D eigenvalue weighted by molar-refractivity contribution is 5.97. The quantitative estimate of drug-likeness (QED) is 0.832. The minimum Gasteiger partial charge on any atom is -0.364 e. The number of hydrogen-bond donors (Lipinski definition) is 2. The number of urea groups is 1. The molecule has 2 N–H and O–H groups in total. The number of hydrogen-bond acceptors (Lipinski definition) is 4. The Labute approximate surface area is 160 Å². The molecule has 27 heavy (non-hydrogen) atoms. The van der Waals surface area contributed by atoms with Crippen molar-refractivity contribution in [2.24, 2.45) is 0 Å². The number of methoxy groups -OCH3 is 1. The highest BCUT2D eigenvalue weighted by Crippen LogP contribution is 2.31. The van der Waals surface area contributed by atoms with Gasteiger partial charge < -0.3 is 20.3 Å². The molecular weight excluding hydrogens is 344 g/mol. The SMILES string of the molecule is COCN1C(=O)CCc2cc(NC(=O)NC3CCN(C4CC4)CC3)ccc21. The lowest BCUT2D eigenvalue weighted by Crippen LogP contribution is -2.46. The molecule has 3 amide bonds. The van der Waals surface area contributed by atoms with E-state index in [1.165, 1.54) is 12.8 Å². The second-order valence-electron chi connectivity index (χ2n) is 7.72. The number of carbonyl (C=O) groups is 2. The van der Waals surface area contributed by atoms with Crippen LogP contribution in [0.4, 0.5) is 16.2 Å². The number of nitrogens with zero attached hydrogens (tertiary/aromatic N) is 2. The van der Waals surface area contributed by atoms with Crippen LogP contribution < -0.4 is 15.5 Å². The largest absolute Gasteiger partial charge is 0.364 e. The van der Waals surface area contributed by atoms with E-state index in [9.17, 15) is 9.59 Å². The van der Waals surface area contributed by atoms with E-state index in [4.69, 9.17) is 4.74 Å². The fraction of sp³-hybridized carbons (Fsp3) is 0.600. The van der Waals surface area contributed by atoms with Crippen LogP contribution in [0.25, 0.3) is 0 Å². The molecular formula is C20H28N4O3. The van der Waals surface area contributed by atoms with Crippen molar-refractivity contribution in [3.63, 3.8) is 0 Å². The first kappa shape index (κ1) is 18.3. The smallest absolute Gasteiger partial charge is 0.319 e. The van der Waals surface area contributed by atoms with Crippen LogP contribution in [0.1, 0.15) is 37.7 Å². The van der Waals surface area contributed by atoms with Crippen LogP contribution in [0.15, 0.2) is 18.2 Å². The monoisotopic (exact) mass is 372 g/mol. The zero-order chi connectivity index (χ0) is 18.8. The zero-order valence-electron chi connectivity index (χ0n) is 15.9. The van der Waals surface area contributed by atoms with Crippen molar-refractivity contribution in [1.29, 1.82) is 0 Å². The molecule has 1 aromatic rings. The number of anilines is 2. The van der Waals surface area contributed by atoms with Crippen molar-refractivity contribution in [2.45, 2.75) is 50.6 Å². The second kappa shape index (κ2) is 7.86. The summed E-state index contributed by atoms with van der Waals surface area (Å²) in [6.45, 7) is 2.41. The van der Waals surface area contributed by atoms with Gasteiger partial charge in [-0.3, -0.25) is 9.69 Å². The summed E-state index contributed by atoms with van der Waals surface area (Å²) in [6, 6.07) is 6.58. The maximum absolute atomic E-state index is 12.4. The number of amides is 3. The van der Waals surface area contributed by atoms with Gasteiger partial charge >= 0.3 is 6.03 Å². The Morgan fingerprint density at radius 1 is 1.19 bits per heavy atom. The minimum atomic E-state index is -0.152. The molecule has 0 atom stereocenters. The van der Waals surface area contributed by atoms with E-state index in [0.717, 1.165) is 48.9 Å². The molecule has 0 aromatic heterocycles. The van der Waals surface area contributed by atoms with Crippen molar-refractivity contribution < 1.29 is 14.3 Å². The molecule has 1 saturated heterocycles. The van der Waals surface area contributed by atoms with Gasteiger partial charge in [-0.2, -0.15) is 0 Å². The molecule has 3 aliphatic rings. The van der Waals surface area contributed by atoms with Crippen LogP contribution in [-0.2, 0) is 16.0 Å². The molecule has 0 bridgehead atoms. The van der Waals surface area contributed by atoms with Crippen LogP contribution in [-0.4, -0.2) is 55.9 Å². The maximum atomic E-state index is 12.4. The first-order valence-corrected chi connectivity index (χ1v) is 9.88. The fourth-order valence-electron chi connectivity index (χ4n) is 4.11. The minimum absolute atomic E-state index is 0.0698. The van der Waals surface area contributed by atoms with Crippen molar-refractivity contribution in [2.75, 3.05) is 37.1 Å². The summed E-state index contributed by atoms with van der Waals surface area (Å²) in [5, 5.41) is 6.05. The zero-order valence-corrected chi connectivity index (χ0v) is 15.9. The Morgan fingerprint density at radius 2 is 1.96 bits per heavy atom. The average molecular weight is 372 g/mol. The third kappa shape index (κ3) is 4.25. The van der Waals surface area contributed by atoms with Gasteiger partial charge in [0.2, 0.25) is 5.91 Å². The normalized spacial score (nSPS) is 21.1. The maximum Gasteiger partial charge on any atom is 0.319 e. The van der Waals surface area contributed by atoms with Gasteiger partial charge in [0.25, 0.3) is 0 Å². The molecule has 0 spiro atoms. The predicted octanol–water partition coefficient (Wildman–Crippen LogP) is 2.32. The molecule has 1 aliphatic carbocycles. The van der Waals surface area contributed by atoms with E-state index in [-0.39, 0.29) is 24.7 Å². The standard InChI is InChI=1S/C20H28N4O3/c1-27-13-24-18-6-3-16(12-14(18)2-7-19(24)25)22-20(26)21-15-8-10-23(11-9-15)17-4-5-17/h3,6,12,15,17H,2,4-5,7-11,13H2,1H3,(H2,21,22,26). The highest BCUT2D eigenvalue weighted by atomic mass is 16.5. The molecule has 0 radical (unpaired) electrons. The van der Waals surface area contributed by atoms with Crippen molar-refractivity contribution >= 4 is 23.3 Å². The number of likely N-dealkylation sites (tertiary alicyclic amines) is 1. The fourth-order valence-corrected chi connectivity index (χ4v) is 4.11. The summed E-state index contributed by atoms with van der Waals surface area (Å²) in [5.74, 6) is 0.0698. The molecule has 2 heterocycles.